The Bertz CT molecular complexity index is 1400. The summed E-state index contributed by atoms with van der Waals surface area (Å²) in [6.45, 7) is 2.56. The Kier molecular flexibility index (Phi) is 5.33. The van der Waals surface area contributed by atoms with Crippen molar-refractivity contribution in [3.05, 3.63) is 66.7 Å². The van der Waals surface area contributed by atoms with Crippen molar-refractivity contribution in [3.8, 4) is 0 Å². The zero-order chi connectivity index (χ0) is 23.0. The number of para-hydroxylation sites is 2. The number of nitrogens with zero attached hydrogens (tertiary/aromatic N) is 6. The predicted octanol–water partition coefficient (Wildman–Crippen LogP) is 2.63. The van der Waals surface area contributed by atoms with Gasteiger partial charge in [0, 0.05) is 45.1 Å². The quantitative estimate of drug-likeness (QED) is 0.482. The summed E-state index contributed by atoms with van der Waals surface area (Å²) in [6.07, 6.45) is 2.72. The van der Waals surface area contributed by atoms with Gasteiger partial charge in [0.2, 0.25) is 0 Å². The Morgan fingerprint density at radius 3 is 2.18 bits per heavy atom. The SMILES string of the molecule is Cn1cc(S(=O)(=O)Nc2nc3ccccc3nc2N2CCN(c3ccc(F)cc3)CC2)cn1. The molecule has 3 heterocycles. The molecule has 0 amide bonds. The van der Waals surface area contributed by atoms with E-state index in [-0.39, 0.29) is 16.5 Å². The molecule has 1 aliphatic heterocycles. The Labute approximate surface area is 190 Å². The molecule has 170 valence electrons. The molecular weight excluding hydrogens is 445 g/mol. The van der Waals surface area contributed by atoms with Gasteiger partial charge in [-0.3, -0.25) is 9.40 Å². The molecule has 0 spiro atoms. The molecule has 0 saturated carbocycles. The van der Waals surface area contributed by atoms with E-state index in [9.17, 15) is 12.8 Å². The molecule has 33 heavy (non-hydrogen) atoms. The maximum absolute atomic E-state index is 13.3. The van der Waals surface area contributed by atoms with Gasteiger partial charge in [0.05, 0.1) is 17.2 Å². The van der Waals surface area contributed by atoms with Crippen LogP contribution in [0.15, 0.2) is 65.8 Å². The first-order chi connectivity index (χ1) is 15.9. The van der Waals surface area contributed by atoms with Crippen LogP contribution in [-0.4, -0.2) is 54.3 Å². The van der Waals surface area contributed by atoms with Gasteiger partial charge in [-0.1, -0.05) is 12.1 Å². The molecule has 11 heteroatoms. The van der Waals surface area contributed by atoms with Gasteiger partial charge in [-0.2, -0.15) is 5.10 Å². The van der Waals surface area contributed by atoms with E-state index in [1.807, 2.05) is 23.1 Å². The molecular formula is C22H22FN7O2S. The van der Waals surface area contributed by atoms with Gasteiger partial charge < -0.3 is 9.80 Å². The lowest BCUT2D eigenvalue weighted by Gasteiger charge is -2.37. The lowest BCUT2D eigenvalue weighted by Crippen LogP contribution is -2.47. The number of hydrogen-bond acceptors (Lipinski definition) is 7. The smallest absolute Gasteiger partial charge is 0.266 e. The van der Waals surface area contributed by atoms with Crippen molar-refractivity contribution in [1.82, 2.24) is 19.7 Å². The molecule has 1 saturated heterocycles. The van der Waals surface area contributed by atoms with Crippen LogP contribution in [0.4, 0.5) is 21.7 Å². The zero-order valence-electron chi connectivity index (χ0n) is 17.9. The van der Waals surface area contributed by atoms with E-state index < -0.39 is 10.0 Å². The van der Waals surface area contributed by atoms with E-state index in [1.165, 1.54) is 29.2 Å². The number of anilines is 3. The van der Waals surface area contributed by atoms with Crippen molar-refractivity contribution in [1.29, 1.82) is 0 Å². The first kappa shape index (κ1) is 21.1. The summed E-state index contributed by atoms with van der Waals surface area (Å²) in [5.74, 6) is 0.377. The molecule has 4 aromatic rings. The Morgan fingerprint density at radius 2 is 1.55 bits per heavy atom. The van der Waals surface area contributed by atoms with Crippen LogP contribution >= 0.6 is 0 Å². The van der Waals surface area contributed by atoms with Crippen LogP contribution in [-0.2, 0) is 17.1 Å². The largest absolute Gasteiger partial charge is 0.368 e. The number of sulfonamides is 1. The van der Waals surface area contributed by atoms with E-state index in [0.29, 0.717) is 43.0 Å². The number of benzene rings is 2. The average Bonchev–Trinajstić information content (AvgIpc) is 3.26. The molecule has 2 aromatic heterocycles. The third-order valence-electron chi connectivity index (χ3n) is 5.55. The van der Waals surface area contributed by atoms with Gasteiger partial charge in [0.25, 0.3) is 10.0 Å². The van der Waals surface area contributed by atoms with Crippen molar-refractivity contribution in [2.75, 3.05) is 40.7 Å². The lowest BCUT2D eigenvalue weighted by molar-refractivity contribution is 0.600. The number of nitrogens with one attached hydrogen (secondary N) is 1. The molecule has 0 atom stereocenters. The van der Waals surface area contributed by atoms with E-state index in [1.54, 1.807) is 25.2 Å². The van der Waals surface area contributed by atoms with Gasteiger partial charge in [-0.15, -0.1) is 0 Å². The second-order valence-electron chi connectivity index (χ2n) is 7.79. The van der Waals surface area contributed by atoms with Crippen LogP contribution in [0.3, 0.4) is 0 Å². The summed E-state index contributed by atoms with van der Waals surface area (Å²) in [4.78, 5) is 13.5. The number of rotatable bonds is 5. The maximum Gasteiger partial charge on any atom is 0.266 e. The second-order valence-corrected chi connectivity index (χ2v) is 9.47. The van der Waals surface area contributed by atoms with Crippen molar-refractivity contribution >= 4 is 38.4 Å². The highest BCUT2D eigenvalue weighted by atomic mass is 32.2. The van der Waals surface area contributed by atoms with Crippen LogP contribution in [0.25, 0.3) is 11.0 Å². The maximum atomic E-state index is 13.3. The van der Waals surface area contributed by atoms with Crippen LogP contribution in [0, 0.1) is 5.82 Å². The van der Waals surface area contributed by atoms with Crippen LogP contribution < -0.4 is 14.5 Å². The predicted molar refractivity (Wildman–Crippen MR) is 124 cm³/mol. The topological polar surface area (TPSA) is 96.2 Å². The highest BCUT2D eigenvalue weighted by Crippen LogP contribution is 2.29. The van der Waals surface area contributed by atoms with Gasteiger partial charge in [0.1, 0.15) is 10.7 Å². The van der Waals surface area contributed by atoms with Crippen molar-refractivity contribution in [2.45, 2.75) is 4.90 Å². The molecule has 1 N–H and O–H groups in total. The summed E-state index contributed by atoms with van der Waals surface area (Å²) in [7, 11) is -2.23. The van der Waals surface area contributed by atoms with Gasteiger partial charge in [-0.05, 0) is 36.4 Å². The molecule has 0 unspecified atom stereocenters. The summed E-state index contributed by atoms with van der Waals surface area (Å²) >= 11 is 0. The standard InChI is InChI=1S/C22H22FN7O2S/c1-28-15-18(14-24-28)33(31,32)27-21-22(26-20-5-3-2-4-19(20)25-21)30-12-10-29(11-13-30)17-8-6-16(23)7-9-17/h2-9,14-15H,10-13H2,1H3,(H,25,27). The van der Waals surface area contributed by atoms with Gasteiger partial charge >= 0.3 is 0 Å². The molecule has 0 aliphatic carbocycles. The Balaban J connectivity index is 1.45. The number of halogens is 1. The van der Waals surface area contributed by atoms with Crippen molar-refractivity contribution in [3.63, 3.8) is 0 Å². The number of piperazine rings is 1. The fraction of sp³-hybridized carbons (Fsp3) is 0.227. The first-order valence-corrected chi connectivity index (χ1v) is 11.9. The van der Waals surface area contributed by atoms with E-state index in [4.69, 9.17) is 4.98 Å². The zero-order valence-corrected chi connectivity index (χ0v) is 18.7. The molecule has 5 rings (SSSR count). The normalized spacial score (nSPS) is 14.6. The summed E-state index contributed by atoms with van der Waals surface area (Å²) in [5, 5.41) is 3.95. The van der Waals surface area contributed by atoms with E-state index in [2.05, 4.69) is 19.7 Å². The first-order valence-electron chi connectivity index (χ1n) is 10.4. The van der Waals surface area contributed by atoms with Crippen molar-refractivity contribution in [2.24, 2.45) is 7.05 Å². The number of aryl methyl sites for hydroxylation is 1. The molecule has 0 bridgehead atoms. The van der Waals surface area contributed by atoms with Gasteiger partial charge in [0.15, 0.2) is 11.6 Å². The van der Waals surface area contributed by atoms with Crippen LogP contribution in [0.1, 0.15) is 0 Å². The highest BCUT2D eigenvalue weighted by Gasteiger charge is 2.25. The van der Waals surface area contributed by atoms with Crippen LogP contribution in [0.2, 0.25) is 0 Å². The van der Waals surface area contributed by atoms with Gasteiger partial charge in [-0.25, -0.2) is 22.8 Å². The minimum Gasteiger partial charge on any atom is -0.368 e. The minimum absolute atomic E-state index is 0.0482. The summed E-state index contributed by atoms with van der Waals surface area (Å²) in [6, 6.07) is 13.7. The fourth-order valence-electron chi connectivity index (χ4n) is 3.83. The van der Waals surface area contributed by atoms with E-state index in [0.717, 1.165) is 5.69 Å². The molecule has 9 nitrogen and oxygen atoms in total. The fourth-order valence-corrected chi connectivity index (χ4v) is 4.82. The number of fused-ring (bicyclic) bond motifs is 1. The Morgan fingerprint density at radius 1 is 0.909 bits per heavy atom. The number of aromatic nitrogens is 4. The third kappa shape index (κ3) is 4.31. The average molecular weight is 468 g/mol. The van der Waals surface area contributed by atoms with Crippen molar-refractivity contribution < 1.29 is 12.8 Å². The molecule has 2 aromatic carbocycles. The molecule has 1 aliphatic rings. The molecule has 0 radical (unpaired) electrons. The monoisotopic (exact) mass is 467 g/mol. The highest BCUT2D eigenvalue weighted by molar-refractivity contribution is 7.92. The van der Waals surface area contributed by atoms with E-state index >= 15 is 0 Å². The Hall–Kier alpha value is -3.73. The molecule has 1 fully saturated rings. The third-order valence-corrected chi connectivity index (χ3v) is 6.84. The summed E-state index contributed by atoms with van der Waals surface area (Å²) in [5.41, 5.74) is 2.21. The lowest BCUT2D eigenvalue weighted by atomic mass is 10.2. The number of hydrogen-bond donors (Lipinski definition) is 1. The second kappa shape index (κ2) is 8.32. The minimum atomic E-state index is -3.89. The summed E-state index contributed by atoms with van der Waals surface area (Å²) < 4.78 is 43.2. The van der Waals surface area contributed by atoms with Crippen LogP contribution in [0.5, 0.6) is 0 Å².